The van der Waals surface area contributed by atoms with E-state index in [9.17, 15) is 0 Å². The number of hydrogen-bond donors (Lipinski definition) is 0. The Hall–Kier alpha value is -0.930. The Kier molecular flexibility index (Phi) is 3.03. The molecular weight excluding hydrogens is 224 g/mol. The van der Waals surface area contributed by atoms with Gasteiger partial charge in [-0.25, -0.2) is 4.68 Å². The molecule has 0 aromatic carbocycles. The molecule has 0 saturated heterocycles. The van der Waals surface area contributed by atoms with Gasteiger partial charge < -0.3 is 0 Å². The molecule has 4 nitrogen and oxygen atoms in total. The fourth-order valence-corrected chi connectivity index (χ4v) is 4.01. The lowest BCUT2D eigenvalue weighted by Gasteiger charge is -2.52. The van der Waals surface area contributed by atoms with E-state index in [-0.39, 0.29) is 10.8 Å². The molecule has 0 aliphatic heterocycles. The first kappa shape index (κ1) is 13.5. The third-order valence-electron chi connectivity index (χ3n) is 5.73. The predicted octanol–water partition coefficient (Wildman–Crippen LogP) is 3.16. The minimum absolute atomic E-state index is 0.243. The lowest BCUT2D eigenvalue weighted by atomic mass is 9.53. The van der Waals surface area contributed by atoms with Crippen molar-refractivity contribution in [3.63, 3.8) is 0 Å². The van der Waals surface area contributed by atoms with Crippen LogP contribution in [0.4, 0.5) is 0 Å². The SMILES string of the molecule is CC1CC[C@](Cn2cnnn2)(C(C)(C)C)C1(C)C. The van der Waals surface area contributed by atoms with Crippen molar-refractivity contribution in [2.24, 2.45) is 22.2 Å². The normalized spacial score (nSPS) is 31.8. The van der Waals surface area contributed by atoms with E-state index in [4.69, 9.17) is 0 Å². The monoisotopic (exact) mass is 250 g/mol. The summed E-state index contributed by atoms with van der Waals surface area (Å²) < 4.78 is 1.91. The molecule has 1 aliphatic rings. The van der Waals surface area contributed by atoms with E-state index in [0.717, 1.165) is 12.5 Å². The molecule has 2 rings (SSSR count). The first-order valence-electron chi connectivity index (χ1n) is 6.91. The van der Waals surface area contributed by atoms with E-state index in [1.54, 1.807) is 6.33 Å². The van der Waals surface area contributed by atoms with Gasteiger partial charge in [-0.2, -0.15) is 0 Å². The third kappa shape index (κ3) is 1.77. The van der Waals surface area contributed by atoms with E-state index in [2.05, 4.69) is 57.1 Å². The third-order valence-corrected chi connectivity index (χ3v) is 5.73. The highest BCUT2D eigenvalue weighted by molar-refractivity contribution is 5.06. The molecule has 0 spiro atoms. The number of aromatic nitrogens is 4. The Labute approximate surface area is 110 Å². The molecule has 0 bridgehead atoms. The molecule has 0 N–H and O–H groups in total. The van der Waals surface area contributed by atoms with Crippen molar-refractivity contribution >= 4 is 0 Å². The molecule has 1 unspecified atom stereocenters. The number of hydrogen-bond acceptors (Lipinski definition) is 3. The molecule has 1 saturated carbocycles. The summed E-state index contributed by atoms with van der Waals surface area (Å²) in [6, 6.07) is 0. The quantitative estimate of drug-likeness (QED) is 0.809. The maximum absolute atomic E-state index is 4.08. The second-order valence-electron chi connectivity index (χ2n) is 7.50. The van der Waals surface area contributed by atoms with Crippen LogP contribution in [0.25, 0.3) is 0 Å². The Morgan fingerprint density at radius 3 is 2.39 bits per heavy atom. The van der Waals surface area contributed by atoms with Crippen LogP contribution in [0.3, 0.4) is 0 Å². The molecule has 2 atom stereocenters. The van der Waals surface area contributed by atoms with Gasteiger partial charge in [0.05, 0.1) is 6.54 Å². The maximum atomic E-state index is 4.08. The molecule has 4 heteroatoms. The zero-order valence-corrected chi connectivity index (χ0v) is 12.6. The minimum Gasteiger partial charge on any atom is -0.232 e. The summed E-state index contributed by atoms with van der Waals surface area (Å²) >= 11 is 0. The Morgan fingerprint density at radius 1 is 1.33 bits per heavy atom. The van der Waals surface area contributed by atoms with E-state index < -0.39 is 0 Å². The summed E-state index contributed by atoms with van der Waals surface area (Å²) in [5.41, 5.74) is 0.791. The van der Waals surface area contributed by atoms with E-state index in [0.29, 0.717) is 5.41 Å². The van der Waals surface area contributed by atoms with Crippen molar-refractivity contribution in [3.8, 4) is 0 Å². The minimum atomic E-state index is 0.243. The van der Waals surface area contributed by atoms with Gasteiger partial charge >= 0.3 is 0 Å². The molecule has 1 fully saturated rings. The molecule has 102 valence electrons. The number of tetrazole rings is 1. The summed E-state index contributed by atoms with van der Waals surface area (Å²) in [6.45, 7) is 15.2. The van der Waals surface area contributed by atoms with Crippen LogP contribution in [0.15, 0.2) is 6.33 Å². The van der Waals surface area contributed by atoms with Gasteiger partial charge in [-0.3, -0.25) is 0 Å². The summed E-state index contributed by atoms with van der Waals surface area (Å²) in [7, 11) is 0. The fraction of sp³-hybridized carbons (Fsp3) is 0.929. The molecular formula is C14H26N4. The maximum Gasteiger partial charge on any atom is 0.138 e. The highest BCUT2D eigenvalue weighted by atomic mass is 15.5. The van der Waals surface area contributed by atoms with Crippen molar-refractivity contribution in [1.82, 2.24) is 20.2 Å². The summed E-state index contributed by atoms with van der Waals surface area (Å²) in [6.07, 6.45) is 4.30. The van der Waals surface area contributed by atoms with Crippen LogP contribution >= 0.6 is 0 Å². The number of nitrogens with zero attached hydrogens (tertiary/aromatic N) is 4. The second kappa shape index (κ2) is 4.04. The van der Waals surface area contributed by atoms with Crippen LogP contribution in [0.2, 0.25) is 0 Å². The van der Waals surface area contributed by atoms with Crippen molar-refractivity contribution in [2.75, 3.05) is 0 Å². The molecule has 1 aromatic heterocycles. The molecule has 1 heterocycles. The van der Waals surface area contributed by atoms with Gasteiger partial charge in [-0.05, 0) is 40.0 Å². The Balaban J connectivity index is 2.43. The lowest BCUT2D eigenvalue weighted by Crippen LogP contribution is -2.48. The van der Waals surface area contributed by atoms with Gasteiger partial charge in [0.25, 0.3) is 0 Å². The topological polar surface area (TPSA) is 43.6 Å². The highest BCUT2D eigenvalue weighted by Gasteiger charge is 2.58. The van der Waals surface area contributed by atoms with E-state index >= 15 is 0 Å². The van der Waals surface area contributed by atoms with Crippen LogP contribution in [-0.2, 0) is 6.54 Å². The van der Waals surface area contributed by atoms with Gasteiger partial charge in [-0.15, -0.1) is 5.10 Å². The molecule has 18 heavy (non-hydrogen) atoms. The van der Waals surface area contributed by atoms with Gasteiger partial charge in [-0.1, -0.05) is 41.5 Å². The predicted molar refractivity (Wildman–Crippen MR) is 71.9 cm³/mol. The van der Waals surface area contributed by atoms with Crippen LogP contribution in [-0.4, -0.2) is 20.2 Å². The van der Waals surface area contributed by atoms with Crippen LogP contribution in [0.1, 0.15) is 54.4 Å². The van der Waals surface area contributed by atoms with E-state index in [1.807, 2.05) is 4.68 Å². The second-order valence-corrected chi connectivity index (χ2v) is 7.50. The summed E-state index contributed by atoms with van der Waals surface area (Å²) in [5.74, 6) is 0.744. The lowest BCUT2D eigenvalue weighted by molar-refractivity contribution is -0.0495. The Bertz CT molecular complexity index is 402. The average molecular weight is 250 g/mol. The van der Waals surface area contributed by atoms with Crippen molar-refractivity contribution < 1.29 is 0 Å². The van der Waals surface area contributed by atoms with Crippen molar-refractivity contribution in [1.29, 1.82) is 0 Å². The van der Waals surface area contributed by atoms with Crippen LogP contribution < -0.4 is 0 Å². The van der Waals surface area contributed by atoms with Gasteiger partial charge in [0.1, 0.15) is 6.33 Å². The van der Waals surface area contributed by atoms with Crippen molar-refractivity contribution in [2.45, 2.75) is 60.9 Å². The molecule has 0 radical (unpaired) electrons. The Morgan fingerprint density at radius 2 is 2.00 bits per heavy atom. The summed E-state index contributed by atoms with van der Waals surface area (Å²) in [4.78, 5) is 0. The smallest absolute Gasteiger partial charge is 0.138 e. The van der Waals surface area contributed by atoms with Gasteiger partial charge in [0.2, 0.25) is 0 Å². The summed E-state index contributed by atoms with van der Waals surface area (Å²) in [5, 5.41) is 11.6. The highest BCUT2D eigenvalue weighted by Crippen LogP contribution is 2.64. The van der Waals surface area contributed by atoms with Gasteiger partial charge in [0, 0.05) is 5.41 Å². The van der Waals surface area contributed by atoms with Crippen LogP contribution in [0.5, 0.6) is 0 Å². The zero-order chi connectivity index (χ0) is 13.6. The van der Waals surface area contributed by atoms with Crippen LogP contribution in [0, 0.1) is 22.2 Å². The molecule has 0 amide bonds. The molecule has 1 aromatic rings. The van der Waals surface area contributed by atoms with E-state index in [1.165, 1.54) is 12.8 Å². The largest absolute Gasteiger partial charge is 0.232 e. The van der Waals surface area contributed by atoms with Crippen molar-refractivity contribution in [3.05, 3.63) is 6.33 Å². The fourth-order valence-electron chi connectivity index (χ4n) is 4.01. The first-order chi connectivity index (χ1) is 8.21. The first-order valence-corrected chi connectivity index (χ1v) is 6.91. The standard InChI is InChI=1S/C14H26N4/c1-11-7-8-14(12(2,3)4,13(11,5)6)9-18-10-15-16-17-18/h10-11H,7-9H2,1-6H3/t11?,14-/m0/s1. The molecule has 1 aliphatic carbocycles. The average Bonchev–Trinajstić information content (AvgIpc) is 2.80. The number of rotatable bonds is 2. The zero-order valence-electron chi connectivity index (χ0n) is 12.6. The van der Waals surface area contributed by atoms with Gasteiger partial charge in [0.15, 0.2) is 0 Å².